The summed E-state index contributed by atoms with van der Waals surface area (Å²) >= 11 is 1.46. The van der Waals surface area contributed by atoms with Gasteiger partial charge in [0.2, 0.25) is 0 Å². The van der Waals surface area contributed by atoms with Crippen molar-refractivity contribution in [1.29, 1.82) is 0 Å². The molecule has 5 nitrogen and oxygen atoms in total. The second-order valence-electron chi connectivity index (χ2n) is 5.60. The number of carbonyl (C=O) groups excluding carboxylic acids is 1. The Morgan fingerprint density at radius 1 is 1.52 bits per heavy atom. The Morgan fingerprint density at radius 2 is 2.24 bits per heavy atom. The fraction of sp³-hybridized carbons (Fsp3) is 0.600. The summed E-state index contributed by atoms with van der Waals surface area (Å²) in [5, 5.41) is 17.9. The van der Waals surface area contributed by atoms with E-state index in [1.54, 1.807) is 0 Å². The van der Waals surface area contributed by atoms with Gasteiger partial charge >= 0.3 is 0 Å². The van der Waals surface area contributed by atoms with Crippen molar-refractivity contribution in [3.63, 3.8) is 0 Å². The molecule has 0 aliphatic carbocycles. The molecule has 0 aliphatic heterocycles. The van der Waals surface area contributed by atoms with Gasteiger partial charge in [0.25, 0.3) is 5.91 Å². The lowest BCUT2D eigenvalue weighted by Gasteiger charge is -2.07. The standard InChI is InChI=1S/C15H23N3O2S/c1-5-10(19)6-7-16-14(20)12-8-11-13(9(2)3)17-18(4)15(11)21-12/h8-10,19H,5-7H2,1-4H3,(H,16,20). The minimum absolute atomic E-state index is 0.0748. The second-order valence-corrected chi connectivity index (χ2v) is 6.63. The molecule has 116 valence electrons. The van der Waals surface area contributed by atoms with E-state index in [4.69, 9.17) is 0 Å². The Kier molecular flexibility index (Phi) is 5.00. The lowest BCUT2D eigenvalue weighted by atomic mass is 10.1. The molecule has 2 aromatic heterocycles. The molecule has 2 heterocycles. The van der Waals surface area contributed by atoms with Gasteiger partial charge in [0.05, 0.1) is 16.7 Å². The van der Waals surface area contributed by atoms with Crippen molar-refractivity contribution in [2.45, 2.75) is 45.6 Å². The maximum absolute atomic E-state index is 12.2. The van der Waals surface area contributed by atoms with Crippen molar-refractivity contribution in [3.05, 3.63) is 16.6 Å². The fourth-order valence-corrected chi connectivity index (χ4v) is 3.24. The molecule has 2 aromatic rings. The van der Waals surface area contributed by atoms with E-state index in [0.717, 1.165) is 15.9 Å². The van der Waals surface area contributed by atoms with E-state index in [-0.39, 0.29) is 12.0 Å². The zero-order valence-corrected chi connectivity index (χ0v) is 13.8. The molecule has 1 unspecified atom stereocenters. The van der Waals surface area contributed by atoms with E-state index in [2.05, 4.69) is 24.3 Å². The van der Waals surface area contributed by atoms with Gasteiger partial charge in [-0.2, -0.15) is 5.10 Å². The van der Waals surface area contributed by atoms with Crippen molar-refractivity contribution >= 4 is 27.5 Å². The SMILES string of the molecule is CCC(O)CCNC(=O)c1cc2c(C(C)C)nn(C)c2s1. The van der Waals surface area contributed by atoms with E-state index in [1.807, 2.05) is 24.7 Å². The highest BCUT2D eigenvalue weighted by Gasteiger charge is 2.18. The van der Waals surface area contributed by atoms with Gasteiger partial charge in [-0.25, -0.2) is 0 Å². The zero-order chi connectivity index (χ0) is 15.6. The number of aliphatic hydroxyl groups is 1. The summed E-state index contributed by atoms with van der Waals surface area (Å²) in [6, 6.07) is 1.92. The summed E-state index contributed by atoms with van der Waals surface area (Å²) in [7, 11) is 1.91. The summed E-state index contributed by atoms with van der Waals surface area (Å²) in [5.74, 6) is 0.258. The first-order valence-corrected chi connectivity index (χ1v) is 8.18. The molecule has 1 amide bonds. The summed E-state index contributed by atoms with van der Waals surface area (Å²) in [5.41, 5.74) is 1.03. The number of rotatable bonds is 6. The fourth-order valence-electron chi connectivity index (χ4n) is 2.25. The van der Waals surface area contributed by atoms with Gasteiger partial charge < -0.3 is 10.4 Å². The number of aromatic nitrogens is 2. The molecule has 0 radical (unpaired) electrons. The van der Waals surface area contributed by atoms with Crippen LogP contribution in [0.4, 0.5) is 0 Å². The van der Waals surface area contributed by atoms with Crippen molar-refractivity contribution in [1.82, 2.24) is 15.1 Å². The normalized spacial score (nSPS) is 13.0. The molecule has 0 saturated carbocycles. The van der Waals surface area contributed by atoms with E-state index in [0.29, 0.717) is 30.2 Å². The van der Waals surface area contributed by atoms with Crippen LogP contribution in [0.1, 0.15) is 54.9 Å². The number of fused-ring (bicyclic) bond motifs is 1. The van der Waals surface area contributed by atoms with Crippen LogP contribution in [0, 0.1) is 0 Å². The van der Waals surface area contributed by atoms with Crippen molar-refractivity contribution < 1.29 is 9.90 Å². The maximum Gasteiger partial charge on any atom is 0.261 e. The highest BCUT2D eigenvalue weighted by atomic mass is 32.1. The lowest BCUT2D eigenvalue weighted by Crippen LogP contribution is -2.26. The Bertz CT molecular complexity index is 630. The lowest BCUT2D eigenvalue weighted by molar-refractivity contribution is 0.0946. The summed E-state index contributed by atoms with van der Waals surface area (Å²) < 4.78 is 1.84. The summed E-state index contributed by atoms with van der Waals surface area (Å²) in [6.07, 6.45) is 0.957. The Balaban J connectivity index is 2.12. The van der Waals surface area contributed by atoms with Crippen LogP contribution in [0.3, 0.4) is 0 Å². The van der Waals surface area contributed by atoms with Gasteiger partial charge in [0.15, 0.2) is 0 Å². The first-order chi connectivity index (χ1) is 9.93. The van der Waals surface area contributed by atoms with E-state index >= 15 is 0 Å². The number of hydrogen-bond donors (Lipinski definition) is 2. The molecule has 2 N–H and O–H groups in total. The number of nitrogens with one attached hydrogen (secondary N) is 1. The Morgan fingerprint density at radius 3 is 2.86 bits per heavy atom. The largest absolute Gasteiger partial charge is 0.393 e. The number of hydrogen-bond acceptors (Lipinski definition) is 4. The third kappa shape index (κ3) is 3.44. The van der Waals surface area contributed by atoms with Crippen molar-refractivity contribution in [2.24, 2.45) is 7.05 Å². The highest BCUT2D eigenvalue weighted by molar-refractivity contribution is 7.20. The first kappa shape index (κ1) is 16.0. The van der Waals surface area contributed by atoms with Crippen molar-refractivity contribution in [3.8, 4) is 0 Å². The summed E-state index contributed by atoms with van der Waals surface area (Å²) in [4.78, 5) is 13.9. The molecule has 21 heavy (non-hydrogen) atoms. The Labute approximate surface area is 129 Å². The number of amides is 1. The smallest absolute Gasteiger partial charge is 0.261 e. The van der Waals surface area contributed by atoms with Gasteiger partial charge in [-0.3, -0.25) is 9.48 Å². The molecule has 0 aromatic carbocycles. The molecular formula is C15H23N3O2S. The Hall–Kier alpha value is -1.40. The number of carbonyl (C=O) groups is 1. The monoisotopic (exact) mass is 309 g/mol. The van der Waals surface area contributed by atoms with E-state index < -0.39 is 0 Å². The third-order valence-corrected chi connectivity index (χ3v) is 4.75. The van der Waals surface area contributed by atoms with E-state index in [9.17, 15) is 9.90 Å². The first-order valence-electron chi connectivity index (χ1n) is 7.36. The number of nitrogens with zero attached hydrogens (tertiary/aromatic N) is 2. The zero-order valence-electron chi connectivity index (χ0n) is 13.0. The molecule has 6 heteroatoms. The van der Waals surface area contributed by atoms with E-state index in [1.165, 1.54) is 11.3 Å². The molecule has 0 saturated heterocycles. The topological polar surface area (TPSA) is 67.2 Å². The predicted molar refractivity (Wildman–Crippen MR) is 85.9 cm³/mol. The van der Waals surface area contributed by atoms with Crippen LogP contribution >= 0.6 is 11.3 Å². The van der Waals surface area contributed by atoms with Gasteiger partial charge in [0.1, 0.15) is 4.83 Å². The molecule has 0 spiro atoms. The minimum Gasteiger partial charge on any atom is -0.393 e. The molecular weight excluding hydrogens is 286 g/mol. The average molecular weight is 309 g/mol. The molecule has 2 rings (SSSR count). The second kappa shape index (κ2) is 6.58. The molecule has 0 fully saturated rings. The molecule has 0 bridgehead atoms. The van der Waals surface area contributed by atoms with Gasteiger partial charge in [-0.15, -0.1) is 11.3 Å². The van der Waals surface area contributed by atoms with Crippen LogP contribution in [0.2, 0.25) is 0 Å². The van der Waals surface area contributed by atoms with Crippen LogP contribution in [-0.4, -0.2) is 33.4 Å². The van der Waals surface area contributed by atoms with Crippen LogP contribution in [0.25, 0.3) is 10.2 Å². The number of aryl methyl sites for hydroxylation is 1. The molecule has 0 aliphatic rings. The highest BCUT2D eigenvalue weighted by Crippen LogP contribution is 2.31. The van der Waals surface area contributed by atoms with Gasteiger partial charge in [-0.1, -0.05) is 20.8 Å². The van der Waals surface area contributed by atoms with Crippen LogP contribution in [-0.2, 0) is 7.05 Å². The van der Waals surface area contributed by atoms with Gasteiger partial charge in [0, 0.05) is 19.0 Å². The van der Waals surface area contributed by atoms with Gasteiger partial charge in [-0.05, 0) is 24.8 Å². The quantitative estimate of drug-likeness (QED) is 0.862. The number of aliphatic hydroxyl groups excluding tert-OH is 1. The van der Waals surface area contributed by atoms with Crippen molar-refractivity contribution in [2.75, 3.05) is 6.54 Å². The minimum atomic E-state index is -0.343. The summed E-state index contributed by atoms with van der Waals surface area (Å²) in [6.45, 7) is 6.63. The van der Waals surface area contributed by atoms with Crippen LogP contribution in [0.15, 0.2) is 6.07 Å². The third-order valence-electron chi connectivity index (χ3n) is 3.55. The van der Waals surface area contributed by atoms with Crippen LogP contribution < -0.4 is 5.32 Å². The molecule has 1 atom stereocenters. The van der Waals surface area contributed by atoms with Crippen LogP contribution in [0.5, 0.6) is 0 Å². The maximum atomic E-state index is 12.2. The predicted octanol–water partition coefficient (Wildman–Crippen LogP) is 2.65. The average Bonchev–Trinajstić information content (AvgIpc) is 2.99. The number of thiophene rings is 1.